The lowest BCUT2D eigenvalue weighted by Gasteiger charge is -2.14. The maximum absolute atomic E-state index is 11.5. The first-order valence-electron chi connectivity index (χ1n) is 6.36. The Kier molecular flexibility index (Phi) is 6.32. The fourth-order valence-corrected chi connectivity index (χ4v) is 1.76. The number of carbonyl (C=O) groups excluding carboxylic acids is 2. The minimum Gasteiger partial charge on any atom is -0.493 e. The second kappa shape index (κ2) is 7.98. The van der Waals surface area contributed by atoms with Gasteiger partial charge in [0.1, 0.15) is 0 Å². The molecule has 0 spiro atoms. The van der Waals surface area contributed by atoms with Gasteiger partial charge < -0.3 is 14.2 Å². The zero-order chi connectivity index (χ0) is 15.8. The summed E-state index contributed by atoms with van der Waals surface area (Å²) in [5.74, 6) is 0.977. The van der Waals surface area contributed by atoms with Gasteiger partial charge in [-0.15, -0.1) is 0 Å². The maximum atomic E-state index is 11.5. The number of nitrogens with one attached hydrogen (secondary N) is 2. The summed E-state index contributed by atoms with van der Waals surface area (Å²) in [5, 5.41) is 0. The van der Waals surface area contributed by atoms with E-state index >= 15 is 0 Å². The molecule has 0 fully saturated rings. The molecular weight excluding hydrogens is 276 g/mol. The number of rotatable bonds is 6. The molecule has 0 atom stereocenters. The van der Waals surface area contributed by atoms with Gasteiger partial charge in [-0.05, 0) is 24.1 Å². The Bertz CT molecular complexity index is 491. The first-order chi connectivity index (χ1) is 10.0. The van der Waals surface area contributed by atoms with Gasteiger partial charge in [-0.25, -0.2) is 0 Å². The standard InChI is InChI=1S/C14H20N2O5/c1-9(17)15-16-13(18)6-5-10-7-11(19-2)14(21-4)12(8-10)20-3/h7-8H,5-6H2,1-4H3,(H,15,17)(H,16,18). The molecule has 21 heavy (non-hydrogen) atoms. The first-order valence-corrected chi connectivity index (χ1v) is 6.36. The van der Waals surface area contributed by atoms with E-state index in [2.05, 4.69) is 10.9 Å². The van der Waals surface area contributed by atoms with E-state index in [1.165, 1.54) is 28.3 Å². The molecule has 0 aromatic heterocycles. The summed E-state index contributed by atoms with van der Waals surface area (Å²) in [7, 11) is 4.59. The number of methoxy groups -OCH3 is 3. The average Bonchev–Trinajstić information content (AvgIpc) is 2.49. The summed E-state index contributed by atoms with van der Waals surface area (Å²) in [6.45, 7) is 1.32. The van der Waals surface area contributed by atoms with Crippen molar-refractivity contribution >= 4 is 11.8 Å². The molecule has 2 N–H and O–H groups in total. The molecule has 0 heterocycles. The molecule has 0 aliphatic heterocycles. The summed E-state index contributed by atoms with van der Waals surface area (Å²) in [6, 6.07) is 3.57. The van der Waals surface area contributed by atoms with Crippen LogP contribution in [0.1, 0.15) is 18.9 Å². The van der Waals surface area contributed by atoms with Gasteiger partial charge in [0.25, 0.3) is 0 Å². The Morgan fingerprint density at radius 1 is 1.00 bits per heavy atom. The maximum Gasteiger partial charge on any atom is 0.238 e. The molecule has 0 saturated heterocycles. The first kappa shape index (κ1) is 16.6. The smallest absolute Gasteiger partial charge is 0.238 e. The number of hydrazine groups is 1. The van der Waals surface area contributed by atoms with Gasteiger partial charge in [0.15, 0.2) is 11.5 Å². The highest BCUT2D eigenvalue weighted by molar-refractivity contribution is 5.80. The quantitative estimate of drug-likeness (QED) is 0.759. The fraction of sp³-hybridized carbons (Fsp3) is 0.429. The van der Waals surface area contributed by atoms with Crippen molar-refractivity contribution in [2.45, 2.75) is 19.8 Å². The van der Waals surface area contributed by atoms with E-state index in [0.717, 1.165) is 5.56 Å². The van der Waals surface area contributed by atoms with Crippen molar-refractivity contribution in [3.63, 3.8) is 0 Å². The molecule has 1 aromatic rings. The second-order valence-electron chi connectivity index (χ2n) is 4.26. The van der Waals surface area contributed by atoms with Crippen LogP contribution in [0.5, 0.6) is 17.2 Å². The van der Waals surface area contributed by atoms with Crippen LogP contribution in [0.25, 0.3) is 0 Å². The third-order valence-corrected chi connectivity index (χ3v) is 2.74. The molecule has 7 nitrogen and oxygen atoms in total. The third-order valence-electron chi connectivity index (χ3n) is 2.74. The van der Waals surface area contributed by atoms with Gasteiger partial charge in [-0.2, -0.15) is 0 Å². The molecule has 0 bridgehead atoms. The van der Waals surface area contributed by atoms with E-state index in [1.807, 2.05) is 0 Å². The van der Waals surface area contributed by atoms with Crippen LogP contribution in [-0.4, -0.2) is 33.1 Å². The van der Waals surface area contributed by atoms with E-state index in [-0.39, 0.29) is 18.2 Å². The van der Waals surface area contributed by atoms with Crippen molar-refractivity contribution in [3.05, 3.63) is 17.7 Å². The molecule has 0 saturated carbocycles. The Labute approximate surface area is 123 Å². The van der Waals surface area contributed by atoms with Gasteiger partial charge in [0, 0.05) is 13.3 Å². The Hall–Kier alpha value is -2.44. The van der Waals surface area contributed by atoms with E-state index in [1.54, 1.807) is 12.1 Å². The monoisotopic (exact) mass is 296 g/mol. The van der Waals surface area contributed by atoms with E-state index in [0.29, 0.717) is 23.7 Å². The van der Waals surface area contributed by atoms with Crippen LogP contribution in [0.2, 0.25) is 0 Å². The van der Waals surface area contributed by atoms with Crippen LogP contribution in [0.15, 0.2) is 12.1 Å². The van der Waals surface area contributed by atoms with Crippen LogP contribution in [0.4, 0.5) is 0 Å². The highest BCUT2D eigenvalue weighted by Crippen LogP contribution is 2.38. The normalized spacial score (nSPS) is 9.71. The minimum atomic E-state index is -0.323. The largest absolute Gasteiger partial charge is 0.493 e. The summed E-state index contributed by atoms with van der Waals surface area (Å²) in [5.41, 5.74) is 5.41. The molecule has 1 aromatic carbocycles. The van der Waals surface area contributed by atoms with Gasteiger partial charge in [0.05, 0.1) is 21.3 Å². The lowest BCUT2D eigenvalue weighted by molar-refractivity contribution is -0.127. The van der Waals surface area contributed by atoms with Gasteiger partial charge in [-0.1, -0.05) is 0 Å². The number of aryl methyl sites for hydroxylation is 1. The molecule has 1 rings (SSSR count). The van der Waals surface area contributed by atoms with Crippen molar-refractivity contribution in [2.75, 3.05) is 21.3 Å². The average molecular weight is 296 g/mol. The molecule has 116 valence electrons. The van der Waals surface area contributed by atoms with Crippen molar-refractivity contribution < 1.29 is 23.8 Å². The minimum absolute atomic E-state index is 0.221. The Morgan fingerprint density at radius 3 is 2.00 bits per heavy atom. The molecule has 0 aliphatic rings. The number of amides is 2. The van der Waals surface area contributed by atoms with Crippen molar-refractivity contribution in [3.8, 4) is 17.2 Å². The number of carbonyl (C=O) groups is 2. The topological polar surface area (TPSA) is 85.9 Å². The van der Waals surface area contributed by atoms with Gasteiger partial charge in [-0.3, -0.25) is 20.4 Å². The lowest BCUT2D eigenvalue weighted by atomic mass is 10.1. The number of hydrogen-bond acceptors (Lipinski definition) is 5. The zero-order valence-corrected chi connectivity index (χ0v) is 12.6. The summed E-state index contributed by atoms with van der Waals surface area (Å²) in [4.78, 5) is 22.2. The predicted molar refractivity (Wildman–Crippen MR) is 76.4 cm³/mol. The summed E-state index contributed by atoms with van der Waals surface area (Å²) in [6.07, 6.45) is 0.695. The number of hydrogen-bond donors (Lipinski definition) is 2. The van der Waals surface area contributed by atoms with Gasteiger partial charge >= 0.3 is 0 Å². The Balaban J connectivity index is 2.75. The molecule has 7 heteroatoms. The van der Waals surface area contributed by atoms with Crippen LogP contribution in [-0.2, 0) is 16.0 Å². The zero-order valence-electron chi connectivity index (χ0n) is 12.6. The fourth-order valence-electron chi connectivity index (χ4n) is 1.76. The highest BCUT2D eigenvalue weighted by atomic mass is 16.5. The van der Waals surface area contributed by atoms with Crippen molar-refractivity contribution in [1.29, 1.82) is 0 Å². The number of ether oxygens (including phenoxy) is 3. The lowest BCUT2D eigenvalue weighted by Crippen LogP contribution is -2.40. The van der Waals surface area contributed by atoms with Crippen LogP contribution in [0, 0.1) is 0 Å². The number of benzene rings is 1. The highest BCUT2D eigenvalue weighted by Gasteiger charge is 2.13. The van der Waals surface area contributed by atoms with Crippen molar-refractivity contribution in [2.24, 2.45) is 0 Å². The molecular formula is C14H20N2O5. The Morgan fingerprint density at radius 2 is 1.57 bits per heavy atom. The van der Waals surface area contributed by atoms with E-state index in [4.69, 9.17) is 14.2 Å². The van der Waals surface area contributed by atoms with E-state index < -0.39 is 0 Å². The SMILES string of the molecule is COc1cc(CCC(=O)NNC(C)=O)cc(OC)c1OC. The van der Waals surface area contributed by atoms with Crippen molar-refractivity contribution in [1.82, 2.24) is 10.9 Å². The third kappa shape index (κ3) is 4.87. The molecule has 2 amide bonds. The molecule has 0 unspecified atom stereocenters. The predicted octanol–water partition coefficient (Wildman–Crippen LogP) is 0.812. The van der Waals surface area contributed by atoms with Crippen LogP contribution < -0.4 is 25.1 Å². The van der Waals surface area contributed by atoms with Crippen LogP contribution >= 0.6 is 0 Å². The summed E-state index contributed by atoms with van der Waals surface area (Å²) >= 11 is 0. The summed E-state index contributed by atoms with van der Waals surface area (Å²) < 4.78 is 15.7. The van der Waals surface area contributed by atoms with Gasteiger partial charge in [0.2, 0.25) is 17.6 Å². The van der Waals surface area contributed by atoms with E-state index in [9.17, 15) is 9.59 Å². The molecule has 0 radical (unpaired) electrons. The van der Waals surface area contributed by atoms with Crippen LogP contribution in [0.3, 0.4) is 0 Å². The molecule has 0 aliphatic carbocycles. The second-order valence-corrected chi connectivity index (χ2v) is 4.26.